The van der Waals surface area contributed by atoms with Gasteiger partial charge in [-0.3, -0.25) is 0 Å². The molecule has 45 heavy (non-hydrogen) atoms. The van der Waals surface area contributed by atoms with E-state index < -0.39 is 0 Å². The number of rotatable bonds is 10. The van der Waals surface area contributed by atoms with Gasteiger partial charge in [0.15, 0.2) is 0 Å². The van der Waals surface area contributed by atoms with E-state index in [0.717, 1.165) is 28.2 Å². The van der Waals surface area contributed by atoms with Gasteiger partial charge in [-0.2, -0.15) is 0 Å². The molecule has 0 saturated heterocycles. The van der Waals surface area contributed by atoms with Gasteiger partial charge in [0.2, 0.25) is 0 Å². The lowest BCUT2D eigenvalue weighted by atomic mass is 10.0. The zero-order chi connectivity index (χ0) is 30.5. The van der Waals surface area contributed by atoms with E-state index in [1.54, 1.807) is 0 Å². The third-order valence-corrected chi connectivity index (χ3v) is 7.51. The number of anilines is 3. The van der Waals surface area contributed by atoms with E-state index >= 15 is 0 Å². The monoisotopic (exact) mass is 577 g/mol. The van der Waals surface area contributed by atoms with Crippen molar-refractivity contribution >= 4 is 41.4 Å². The molecule has 6 rings (SSSR count). The van der Waals surface area contributed by atoms with Gasteiger partial charge >= 0.3 is 0 Å². The molecule has 0 spiro atoms. The summed E-state index contributed by atoms with van der Waals surface area (Å²) in [6, 6.07) is 57.4. The topological polar surface area (TPSA) is 3.24 Å². The summed E-state index contributed by atoms with van der Waals surface area (Å²) in [5.41, 5.74) is 10.4. The number of benzene rings is 6. The number of hydrogen-bond donors (Lipinski definition) is 0. The fourth-order valence-corrected chi connectivity index (χ4v) is 5.14. The lowest BCUT2D eigenvalue weighted by Gasteiger charge is -2.26. The van der Waals surface area contributed by atoms with Crippen molar-refractivity contribution in [2.45, 2.75) is 0 Å². The Morgan fingerprint density at radius 2 is 0.556 bits per heavy atom. The maximum Gasteiger partial charge on any atom is 0.0462 e. The first-order valence-electron chi connectivity index (χ1n) is 15.3. The molecule has 0 bridgehead atoms. The Balaban J connectivity index is 1.23. The van der Waals surface area contributed by atoms with Gasteiger partial charge in [-0.25, -0.2) is 0 Å². The summed E-state index contributed by atoms with van der Waals surface area (Å²) in [7, 11) is 0. The Kier molecular flexibility index (Phi) is 9.72. The molecule has 0 unspecified atom stereocenters. The smallest absolute Gasteiger partial charge is 0.0462 e. The standard InChI is InChI=1S/C44H35N/c1-4-14-36(15-5-1)18-10-12-20-38-24-30-42(31-25-38)45(44-34-28-41(29-35-44)40-22-8-3-9-23-40)43-32-26-39(27-33-43)21-13-11-19-37-16-6-2-7-17-37/h1-35H. The first-order chi connectivity index (χ1) is 22.3. The third kappa shape index (κ3) is 8.13. The van der Waals surface area contributed by atoms with Crippen molar-refractivity contribution in [3.8, 4) is 11.1 Å². The van der Waals surface area contributed by atoms with Crippen LogP contribution in [0.4, 0.5) is 17.1 Å². The summed E-state index contributed by atoms with van der Waals surface area (Å²) in [4.78, 5) is 2.31. The van der Waals surface area contributed by atoms with Crippen molar-refractivity contribution in [3.63, 3.8) is 0 Å². The molecule has 0 atom stereocenters. The molecule has 1 nitrogen and oxygen atoms in total. The zero-order valence-electron chi connectivity index (χ0n) is 25.2. The molecular formula is C44H35N. The van der Waals surface area contributed by atoms with Gasteiger partial charge < -0.3 is 4.90 Å². The van der Waals surface area contributed by atoms with Crippen molar-refractivity contribution in [2.75, 3.05) is 4.90 Å². The van der Waals surface area contributed by atoms with Crippen molar-refractivity contribution in [1.29, 1.82) is 0 Å². The predicted molar refractivity (Wildman–Crippen MR) is 196 cm³/mol. The minimum Gasteiger partial charge on any atom is -0.311 e. The molecule has 0 radical (unpaired) electrons. The zero-order valence-corrected chi connectivity index (χ0v) is 25.2. The molecule has 0 aromatic heterocycles. The Morgan fingerprint density at radius 3 is 0.933 bits per heavy atom. The molecule has 0 saturated carbocycles. The molecule has 0 fully saturated rings. The minimum atomic E-state index is 1.11. The van der Waals surface area contributed by atoms with Gasteiger partial charge in [-0.05, 0) is 69.8 Å². The highest BCUT2D eigenvalue weighted by atomic mass is 15.1. The Morgan fingerprint density at radius 1 is 0.267 bits per heavy atom. The summed E-state index contributed by atoms with van der Waals surface area (Å²) in [5, 5.41) is 0. The van der Waals surface area contributed by atoms with Crippen LogP contribution in [0.15, 0.2) is 188 Å². The second-order valence-corrected chi connectivity index (χ2v) is 10.7. The van der Waals surface area contributed by atoms with E-state index in [9.17, 15) is 0 Å². The van der Waals surface area contributed by atoms with Crippen LogP contribution in [0, 0.1) is 0 Å². The largest absolute Gasteiger partial charge is 0.311 e. The SMILES string of the molecule is C(C=Cc1ccc(N(c2ccc(C=CC=Cc3ccccc3)cc2)c2ccc(-c3ccccc3)cc2)cc1)=Cc1ccccc1. The van der Waals surface area contributed by atoms with Gasteiger partial charge in [0, 0.05) is 17.1 Å². The van der Waals surface area contributed by atoms with Crippen molar-refractivity contribution in [1.82, 2.24) is 0 Å². The van der Waals surface area contributed by atoms with Crippen molar-refractivity contribution in [3.05, 3.63) is 210 Å². The maximum atomic E-state index is 2.31. The van der Waals surface area contributed by atoms with Crippen LogP contribution in [-0.4, -0.2) is 0 Å². The normalized spacial score (nSPS) is 11.6. The van der Waals surface area contributed by atoms with Crippen LogP contribution in [-0.2, 0) is 0 Å². The maximum absolute atomic E-state index is 2.31. The quantitative estimate of drug-likeness (QED) is 0.146. The molecule has 1 heteroatoms. The number of hydrogen-bond acceptors (Lipinski definition) is 1. The van der Waals surface area contributed by atoms with Gasteiger partial charge in [-0.15, -0.1) is 0 Å². The molecule has 0 aliphatic carbocycles. The first-order valence-corrected chi connectivity index (χ1v) is 15.3. The Labute approximate surface area is 267 Å². The predicted octanol–water partition coefficient (Wildman–Crippen LogP) is 12.3. The van der Waals surface area contributed by atoms with Crippen LogP contribution in [0.5, 0.6) is 0 Å². The summed E-state index contributed by atoms with van der Waals surface area (Å²) >= 11 is 0. The molecule has 6 aromatic rings. The Hall–Kier alpha value is -5.92. The second-order valence-electron chi connectivity index (χ2n) is 10.7. The van der Waals surface area contributed by atoms with E-state index in [0.29, 0.717) is 0 Å². The molecule has 216 valence electrons. The highest BCUT2D eigenvalue weighted by molar-refractivity contribution is 5.79. The fraction of sp³-hybridized carbons (Fsp3) is 0. The van der Waals surface area contributed by atoms with E-state index in [-0.39, 0.29) is 0 Å². The number of nitrogens with zero attached hydrogens (tertiary/aromatic N) is 1. The molecule has 0 aliphatic heterocycles. The highest BCUT2D eigenvalue weighted by Gasteiger charge is 2.12. The second kappa shape index (κ2) is 15.0. The third-order valence-electron chi connectivity index (χ3n) is 7.51. The molecule has 0 heterocycles. The average Bonchev–Trinajstić information content (AvgIpc) is 3.11. The average molecular weight is 578 g/mol. The highest BCUT2D eigenvalue weighted by Crippen LogP contribution is 2.36. The molecule has 6 aromatic carbocycles. The van der Waals surface area contributed by atoms with Gasteiger partial charge in [-0.1, -0.05) is 176 Å². The molecule has 0 amide bonds. The van der Waals surface area contributed by atoms with Crippen molar-refractivity contribution < 1.29 is 0 Å². The van der Waals surface area contributed by atoms with E-state index in [2.05, 4.69) is 205 Å². The van der Waals surface area contributed by atoms with Crippen molar-refractivity contribution in [2.24, 2.45) is 0 Å². The summed E-state index contributed by atoms with van der Waals surface area (Å²) in [5.74, 6) is 0. The summed E-state index contributed by atoms with van der Waals surface area (Å²) in [6.45, 7) is 0. The molecular weight excluding hydrogens is 542 g/mol. The lowest BCUT2D eigenvalue weighted by Crippen LogP contribution is -2.09. The van der Waals surface area contributed by atoms with E-state index in [1.165, 1.54) is 22.3 Å². The number of allylic oxidation sites excluding steroid dienone is 4. The van der Waals surface area contributed by atoms with Gasteiger partial charge in [0.25, 0.3) is 0 Å². The molecule has 0 aliphatic rings. The van der Waals surface area contributed by atoms with E-state index in [4.69, 9.17) is 0 Å². The van der Waals surface area contributed by atoms with Crippen LogP contribution in [0.2, 0.25) is 0 Å². The van der Waals surface area contributed by atoms with Crippen LogP contribution >= 0.6 is 0 Å². The fourth-order valence-electron chi connectivity index (χ4n) is 5.14. The van der Waals surface area contributed by atoms with Gasteiger partial charge in [0.1, 0.15) is 0 Å². The van der Waals surface area contributed by atoms with Crippen LogP contribution in [0.25, 0.3) is 35.4 Å². The summed E-state index contributed by atoms with van der Waals surface area (Å²) < 4.78 is 0. The van der Waals surface area contributed by atoms with Gasteiger partial charge in [0.05, 0.1) is 0 Å². The van der Waals surface area contributed by atoms with E-state index in [1.807, 2.05) is 12.1 Å². The minimum absolute atomic E-state index is 1.11. The Bertz CT molecular complexity index is 1780. The van der Waals surface area contributed by atoms with Crippen LogP contribution < -0.4 is 4.90 Å². The van der Waals surface area contributed by atoms with Crippen LogP contribution in [0.3, 0.4) is 0 Å². The first kappa shape index (κ1) is 29.2. The lowest BCUT2D eigenvalue weighted by molar-refractivity contribution is 1.28. The summed E-state index contributed by atoms with van der Waals surface area (Å²) in [6.07, 6.45) is 16.8. The van der Waals surface area contributed by atoms with Crippen LogP contribution in [0.1, 0.15) is 22.3 Å². The molecule has 0 N–H and O–H groups in total.